The molecule has 0 aliphatic rings. The maximum Gasteiger partial charge on any atom is 0.122 e. The topological polar surface area (TPSA) is 9.23 Å². The van der Waals surface area contributed by atoms with E-state index in [1.807, 2.05) is 19.1 Å². The first-order chi connectivity index (χ1) is 8.21. The fourth-order valence-electron chi connectivity index (χ4n) is 1.71. The number of hydrogen-bond donors (Lipinski definition) is 0. The lowest BCUT2D eigenvalue weighted by molar-refractivity contribution is 0.410. The Morgan fingerprint density at radius 3 is 2.76 bits per heavy atom. The fourth-order valence-corrected chi connectivity index (χ4v) is 1.71. The standard InChI is InChI=1S/C16H20O/c1-5-7-8-14(6-2)12-15-11-13(3)9-10-16(15)17-4/h5-11H,1,12H2,2-4H3/b8-7-,14-6+. The third-order valence-corrected chi connectivity index (χ3v) is 2.65. The Balaban J connectivity index is 2.96. The van der Waals surface area contributed by atoms with Gasteiger partial charge < -0.3 is 4.74 Å². The van der Waals surface area contributed by atoms with E-state index < -0.39 is 0 Å². The minimum atomic E-state index is 0.881. The van der Waals surface area contributed by atoms with Gasteiger partial charge in [-0.05, 0) is 31.1 Å². The Bertz CT molecular complexity index is 439. The van der Waals surface area contributed by atoms with Crippen molar-refractivity contribution in [2.45, 2.75) is 20.3 Å². The third-order valence-electron chi connectivity index (χ3n) is 2.65. The lowest BCUT2D eigenvalue weighted by Crippen LogP contribution is -1.94. The van der Waals surface area contributed by atoms with E-state index in [-0.39, 0.29) is 0 Å². The highest BCUT2D eigenvalue weighted by Crippen LogP contribution is 2.23. The first-order valence-corrected chi connectivity index (χ1v) is 5.79. The van der Waals surface area contributed by atoms with Crippen LogP contribution in [0.1, 0.15) is 18.1 Å². The molecule has 1 aromatic carbocycles. The zero-order valence-electron chi connectivity index (χ0n) is 10.9. The second-order valence-electron chi connectivity index (χ2n) is 3.95. The van der Waals surface area contributed by atoms with Crippen molar-refractivity contribution >= 4 is 0 Å². The van der Waals surface area contributed by atoms with Crippen molar-refractivity contribution in [3.63, 3.8) is 0 Å². The zero-order valence-corrected chi connectivity index (χ0v) is 10.9. The van der Waals surface area contributed by atoms with Gasteiger partial charge in [-0.2, -0.15) is 0 Å². The molecule has 1 aromatic rings. The summed E-state index contributed by atoms with van der Waals surface area (Å²) in [6, 6.07) is 6.26. The van der Waals surface area contributed by atoms with Crippen LogP contribution in [0.4, 0.5) is 0 Å². The van der Waals surface area contributed by atoms with Gasteiger partial charge in [-0.25, -0.2) is 0 Å². The lowest BCUT2D eigenvalue weighted by Gasteiger charge is -2.10. The Hall–Kier alpha value is -1.76. The van der Waals surface area contributed by atoms with Crippen LogP contribution in [-0.2, 0) is 6.42 Å². The third kappa shape index (κ3) is 3.95. The monoisotopic (exact) mass is 228 g/mol. The molecule has 0 saturated carbocycles. The molecule has 1 nitrogen and oxygen atoms in total. The van der Waals surface area contributed by atoms with Gasteiger partial charge in [-0.15, -0.1) is 0 Å². The van der Waals surface area contributed by atoms with Gasteiger partial charge in [0, 0.05) is 6.42 Å². The van der Waals surface area contributed by atoms with Gasteiger partial charge in [-0.1, -0.05) is 48.6 Å². The van der Waals surface area contributed by atoms with Crippen molar-refractivity contribution in [2.24, 2.45) is 0 Å². The number of methoxy groups -OCH3 is 1. The van der Waals surface area contributed by atoms with Crippen molar-refractivity contribution in [3.05, 3.63) is 65.8 Å². The van der Waals surface area contributed by atoms with E-state index in [9.17, 15) is 0 Å². The van der Waals surface area contributed by atoms with Crippen LogP contribution in [0.25, 0.3) is 0 Å². The molecule has 0 radical (unpaired) electrons. The predicted octanol–water partition coefficient (Wildman–Crippen LogP) is 4.23. The highest BCUT2D eigenvalue weighted by atomic mass is 16.5. The molecule has 0 atom stereocenters. The van der Waals surface area contributed by atoms with Crippen molar-refractivity contribution in [2.75, 3.05) is 7.11 Å². The van der Waals surface area contributed by atoms with Crippen LogP contribution in [0.3, 0.4) is 0 Å². The van der Waals surface area contributed by atoms with Gasteiger partial charge in [0.25, 0.3) is 0 Å². The molecule has 0 heterocycles. The summed E-state index contributed by atoms with van der Waals surface area (Å²) >= 11 is 0. The first-order valence-electron chi connectivity index (χ1n) is 5.79. The Kier molecular flexibility index (Phi) is 5.28. The molecule has 0 amide bonds. The average molecular weight is 228 g/mol. The number of rotatable bonds is 5. The summed E-state index contributed by atoms with van der Waals surface area (Å²) in [5.41, 5.74) is 3.73. The molecule has 0 aromatic heterocycles. The largest absolute Gasteiger partial charge is 0.496 e. The summed E-state index contributed by atoms with van der Waals surface area (Å²) in [5, 5.41) is 0. The van der Waals surface area contributed by atoms with Gasteiger partial charge in [0.05, 0.1) is 7.11 Å². The first kappa shape index (κ1) is 13.3. The van der Waals surface area contributed by atoms with E-state index in [0.717, 1.165) is 12.2 Å². The highest BCUT2D eigenvalue weighted by Gasteiger charge is 2.04. The van der Waals surface area contributed by atoms with Gasteiger partial charge in [0.2, 0.25) is 0 Å². The molecular formula is C16H20O. The molecule has 17 heavy (non-hydrogen) atoms. The highest BCUT2D eigenvalue weighted by molar-refractivity contribution is 5.41. The van der Waals surface area contributed by atoms with E-state index in [1.165, 1.54) is 16.7 Å². The molecule has 0 N–H and O–H groups in total. The van der Waals surface area contributed by atoms with Crippen molar-refractivity contribution in [1.29, 1.82) is 0 Å². The van der Waals surface area contributed by atoms with Crippen molar-refractivity contribution < 1.29 is 4.74 Å². The fraction of sp³-hybridized carbons (Fsp3) is 0.250. The van der Waals surface area contributed by atoms with Crippen molar-refractivity contribution in [3.8, 4) is 5.75 Å². The SMILES string of the molecule is C=C/C=C\C(=C/C)Cc1cc(C)ccc1OC. The maximum atomic E-state index is 5.38. The Labute approximate surface area is 104 Å². The lowest BCUT2D eigenvalue weighted by atomic mass is 10.0. The van der Waals surface area contributed by atoms with Crippen LogP contribution in [0.2, 0.25) is 0 Å². The summed E-state index contributed by atoms with van der Waals surface area (Å²) in [4.78, 5) is 0. The average Bonchev–Trinajstić information content (AvgIpc) is 2.34. The van der Waals surface area contributed by atoms with E-state index >= 15 is 0 Å². The van der Waals surface area contributed by atoms with Gasteiger partial charge in [-0.3, -0.25) is 0 Å². The summed E-state index contributed by atoms with van der Waals surface area (Å²) in [5.74, 6) is 0.946. The van der Waals surface area contributed by atoms with E-state index in [1.54, 1.807) is 13.2 Å². The molecule has 0 saturated heterocycles. The second-order valence-corrected chi connectivity index (χ2v) is 3.95. The summed E-state index contributed by atoms with van der Waals surface area (Å²) in [6.07, 6.45) is 8.82. The number of allylic oxidation sites excluding steroid dienone is 5. The smallest absolute Gasteiger partial charge is 0.122 e. The van der Waals surface area contributed by atoms with Crippen LogP contribution in [-0.4, -0.2) is 7.11 Å². The zero-order chi connectivity index (χ0) is 12.7. The van der Waals surface area contributed by atoms with E-state index in [4.69, 9.17) is 4.74 Å². The molecule has 0 aliphatic heterocycles. The van der Waals surface area contributed by atoms with Gasteiger partial charge in [0.1, 0.15) is 5.75 Å². The maximum absolute atomic E-state index is 5.38. The molecule has 0 spiro atoms. The van der Waals surface area contributed by atoms with Crippen LogP contribution < -0.4 is 4.74 Å². The molecule has 0 bridgehead atoms. The quantitative estimate of drug-likeness (QED) is 0.685. The van der Waals surface area contributed by atoms with E-state index in [2.05, 4.69) is 37.8 Å². The Morgan fingerprint density at radius 2 is 2.18 bits per heavy atom. The van der Waals surface area contributed by atoms with Gasteiger partial charge >= 0.3 is 0 Å². The summed E-state index contributed by atoms with van der Waals surface area (Å²) < 4.78 is 5.38. The van der Waals surface area contributed by atoms with E-state index in [0.29, 0.717) is 0 Å². The number of ether oxygens (including phenoxy) is 1. The van der Waals surface area contributed by atoms with Crippen LogP contribution in [0.15, 0.2) is 54.7 Å². The minimum Gasteiger partial charge on any atom is -0.496 e. The number of aryl methyl sites for hydroxylation is 1. The predicted molar refractivity (Wildman–Crippen MR) is 74.5 cm³/mol. The molecule has 1 heteroatoms. The molecular weight excluding hydrogens is 208 g/mol. The minimum absolute atomic E-state index is 0.881. The van der Waals surface area contributed by atoms with Crippen LogP contribution >= 0.6 is 0 Å². The Morgan fingerprint density at radius 1 is 1.41 bits per heavy atom. The summed E-state index contributed by atoms with van der Waals surface area (Å²) in [7, 11) is 1.71. The second kappa shape index (κ2) is 6.74. The van der Waals surface area contributed by atoms with Crippen LogP contribution in [0, 0.1) is 6.92 Å². The molecule has 0 aliphatic carbocycles. The molecule has 1 rings (SSSR count). The van der Waals surface area contributed by atoms with Crippen molar-refractivity contribution in [1.82, 2.24) is 0 Å². The molecule has 90 valence electrons. The normalized spacial score (nSPS) is 11.8. The van der Waals surface area contributed by atoms with Gasteiger partial charge in [0.15, 0.2) is 0 Å². The van der Waals surface area contributed by atoms with Crippen LogP contribution in [0.5, 0.6) is 5.75 Å². The molecule has 0 fully saturated rings. The number of benzene rings is 1. The number of hydrogen-bond acceptors (Lipinski definition) is 1. The molecule has 0 unspecified atom stereocenters. The summed E-state index contributed by atoms with van der Waals surface area (Å²) in [6.45, 7) is 7.82.